The highest BCUT2D eigenvalue weighted by molar-refractivity contribution is 6.30. The van der Waals surface area contributed by atoms with Gasteiger partial charge in [0.1, 0.15) is 6.61 Å². The molecule has 0 bridgehead atoms. The Kier molecular flexibility index (Phi) is 5.20. The zero-order valence-electron chi connectivity index (χ0n) is 13.5. The van der Waals surface area contributed by atoms with Crippen LogP contribution in [-0.2, 0) is 13.2 Å². The Bertz CT molecular complexity index is 854. The monoisotopic (exact) mass is 360 g/mol. The molecule has 1 aromatic heterocycles. The summed E-state index contributed by atoms with van der Waals surface area (Å²) in [4.78, 5) is 1.30. The van der Waals surface area contributed by atoms with Gasteiger partial charge in [-0.05, 0) is 45.8 Å². The number of nitrogens with one attached hydrogen (secondary N) is 1. The second-order valence-corrected chi connectivity index (χ2v) is 5.62. The first-order valence-corrected chi connectivity index (χ1v) is 7.85. The van der Waals surface area contributed by atoms with Crippen molar-refractivity contribution in [2.24, 2.45) is 0 Å². The van der Waals surface area contributed by atoms with Crippen molar-refractivity contribution < 1.29 is 9.47 Å². The molecule has 2 aromatic carbocycles. The first-order valence-electron chi connectivity index (χ1n) is 7.47. The number of nitrogen functional groups attached to an aromatic ring is 1. The van der Waals surface area contributed by atoms with Crippen LogP contribution in [0.5, 0.6) is 11.5 Å². The van der Waals surface area contributed by atoms with Crippen LogP contribution in [0.1, 0.15) is 11.1 Å². The van der Waals surface area contributed by atoms with Crippen molar-refractivity contribution in [1.29, 1.82) is 0 Å². The summed E-state index contributed by atoms with van der Waals surface area (Å²) in [6.45, 7) is 0.871. The van der Waals surface area contributed by atoms with Crippen LogP contribution in [0.2, 0.25) is 5.02 Å². The minimum atomic E-state index is 0.188. The van der Waals surface area contributed by atoms with E-state index in [9.17, 15) is 0 Å². The topological polar surface area (TPSA) is 100 Å². The van der Waals surface area contributed by atoms with Crippen LogP contribution in [0.25, 0.3) is 0 Å². The van der Waals surface area contributed by atoms with Crippen LogP contribution in [0.3, 0.4) is 0 Å². The molecule has 0 radical (unpaired) electrons. The quantitative estimate of drug-likeness (QED) is 0.666. The van der Waals surface area contributed by atoms with Crippen molar-refractivity contribution in [3.63, 3.8) is 0 Å². The number of tetrazole rings is 1. The van der Waals surface area contributed by atoms with E-state index in [1.54, 1.807) is 7.11 Å². The number of hydrogen-bond acceptors (Lipinski definition) is 7. The fraction of sp³-hybridized carbons (Fsp3) is 0.188. The van der Waals surface area contributed by atoms with Crippen molar-refractivity contribution in [2.45, 2.75) is 13.2 Å². The Hall–Kier alpha value is -3.00. The Labute approximate surface area is 149 Å². The molecule has 0 fully saturated rings. The Morgan fingerprint density at radius 1 is 1.16 bits per heavy atom. The largest absolute Gasteiger partial charge is 0.493 e. The first kappa shape index (κ1) is 16.8. The SMILES string of the molecule is COc1cc(CNn2nnnc2N)ccc1OCc1cccc(Cl)c1. The van der Waals surface area contributed by atoms with Gasteiger partial charge >= 0.3 is 0 Å². The lowest BCUT2D eigenvalue weighted by molar-refractivity contribution is 0.284. The summed E-state index contributed by atoms with van der Waals surface area (Å²) in [5.74, 6) is 1.47. The average molecular weight is 361 g/mol. The maximum Gasteiger partial charge on any atom is 0.260 e. The minimum absolute atomic E-state index is 0.188. The molecule has 0 saturated carbocycles. The Balaban J connectivity index is 1.65. The van der Waals surface area contributed by atoms with Gasteiger partial charge in [-0.1, -0.05) is 34.9 Å². The lowest BCUT2D eigenvalue weighted by atomic mass is 10.2. The number of aromatic nitrogens is 4. The molecular weight excluding hydrogens is 344 g/mol. The summed E-state index contributed by atoms with van der Waals surface area (Å²) in [6.07, 6.45) is 0. The number of ether oxygens (including phenoxy) is 2. The molecule has 0 spiro atoms. The fourth-order valence-corrected chi connectivity index (χ4v) is 2.41. The van der Waals surface area contributed by atoms with Crippen LogP contribution in [-0.4, -0.2) is 27.4 Å². The van der Waals surface area contributed by atoms with Gasteiger partial charge in [0.25, 0.3) is 5.95 Å². The number of hydrogen-bond donors (Lipinski definition) is 2. The van der Waals surface area contributed by atoms with E-state index < -0.39 is 0 Å². The number of rotatable bonds is 7. The van der Waals surface area contributed by atoms with Gasteiger partial charge in [-0.15, -0.1) is 4.79 Å². The molecule has 25 heavy (non-hydrogen) atoms. The van der Waals surface area contributed by atoms with Gasteiger partial charge in [0.05, 0.1) is 13.7 Å². The summed E-state index contributed by atoms with van der Waals surface area (Å²) in [5, 5.41) is 11.5. The molecule has 3 aromatic rings. The van der Waals surface area contributed by atoms with Crippen LogP contribution in [0.15, 0.2) is 42.5 Å². The molecular formula is C16H17ClN6O2. The highest BCUT2D eigenvalue weighted by Gasteiger charge is 2.07. The van der Waals surface area contributed by atoms with E-state index in [0.29, 0.717) is 29.7 Å². The Morgan fingerprint density at radius 3 is 2.76 bits per heavy atom. The molecule has 9 heteroatoms. The van der Waals surface area contributed by atoms with Gasteiger partial charge < -0.3 is 20.6 Å². The van der Waals surface area contributed by atoms with Crippen LogP contribution in [0.4, 0.5) is 5.95 Å². The third-order valence-corrected chi connectivity index (χ3v) is 3.67. The third-order valence-electron chi connectivity index (χ3n) is 3.44. The van der Waals surface area contributed by atoms with Gasteiger partial charge in [-0.2, -0.15) is 0 Å². The number of anilines is 1. The zero-order chi connectivity index (χ0) is 17.6. The van der Waals surface area contributed by atoms with Gasteiger partial charge in [-0.3, -0.25) is 0 Å². The van der Waals surface area contributed by atoms with Gasteiger partial charge in [-0.25, -0.2) is 0 Å². The molecule has 0 aliphatic rings. The second kappa shape index (κ2) is 7.71. The fourth-order valence-electron chi connectivity index (χ4n) is 2.20. The normalized spacial score (nSPS) is 10.5. The van der Waals surface area contributed by atoms with E-state index in [2.05, 4.69) is 21.0 Å². The Morgan fingerprint density at radius 2 is 2.04 bits per heavy atom. The summed E-state index contributed by atoms with van der Waals surface area (Å²) in [5.41, 5.74) is 10.5. The smallest absolute Gasteiger partial charge is 0.260 e. The lowest BCUT2D eigenvalue weighted by Gasteiger charge is -2.13. The minimum Gasteiger partial charge on any atom is -0.493 e. The van der Waals surface area contributed by atoms with Crippen molar-refractivity contribution in [3.05, 3.63) is 58.6 Å². The van der Waals surface area contributed by atoms with E-state index in [0.717, 1.165) is 11.1 Å². The van der Waals surface area contributed by atoms with Crippen molar-refractivity contribution in [1.82, 2.24) is 20.3 Å². The molecule has 1 heterocycles. The molecule has 0 aliphatic carbocycles. The lowest BCUT2D eigenvalue weighted by Crippen LogP contribution is -2.18. The number of methoxy groups -OCH3 is 1. The molecule has 3 N–H and O–H groups in total. The molecule has 3 rings (SSSR count). The number of benzene rings is 2. The molecule has 0 atom stereocenters. The number of nitrogens with two attached hydrogens (primary N) is 1. The molecule has 0 saturated heterocycles. The average Bonchev–Trinajstić information content (AvgIpc) is 3.03. The van der Waals surface area contributed by atoms with Gasteiger partial charge in [0.2, 0.25) is 0 Å². The van der Waals surface area contributed by atoms with E-state index in [1.165, 1.54) is 4.79 Å². The van der Waals surface area contributed by atoms with Crippen LogP contribution in [0, 0.1) is 0 Å². The molecule has 0 unspecified atom stereocenters. The second-order valence-electron chi connectivity index (χ2n) is 5.19. The summed E-state index contributed by atoms with van der Waals surface area (Å²) in [7, 11) is 1.60. The van der Waals surface area contributed by atoms with E-state index in [1.807, 2.05) is 42.5 Å². The van der Waals surface area contributed by atoms with Gasteiger partial charge in [0, 0.05) is 5.02 Å². The van der Waals surface area contributed by atoms with Crippen LogP contribution < -0.4 is 20.6 Å². The van der Waals surface area contributed by atoms with Crippen LogP contribution >= 0.6 is 11.6 Å². The van der Waals surface area contributed by atoms with E-state index >= 15 is 0 Å². The standard InChI is InChI=1S/C16H17ClN6O2/c1-24-15-8-11(9-19-23-16(18)20-21-22-23)5-6-14(15)25-10-12-3-2-4-13(17)7-12/h2-8,19H,9-10H2,1H3,(H2,18,20,22). The molecule has 0 amide bonds. The van der Waals surface area contributed by atoms with Crippen molar-refractivity contribution in [3.8, 4) is 11.5 Å². The number of halogens is 1. The number of nitrogens with zero attached hydrogens (tertiary/aromatic N) is 4. The summed E-state index contributed by atoms with van der Waals surface area (Å²) in [6, 6.07) is 13.2. The summed E-state index contributed by atoms with van der Waals surface area (Å²) < 4.78 is 11.2. The predicted octanol–water partition coefficient (Wildman–Crippen LogP) is 2.24. The summed E-state index contributed by atoms with van der Waals surface area (Å²) >= 11 is 5.98. The van der Waals surface area contributed by atoms with E-state index in [-0.39, 0.29) is 5.95 Å². The van der Waals surface area contributed by atoms with E-state index in [4.69, 9.17) is 26.8 Å². The first-order chi connectivity index (χ1) is 12.2. The maximum atomic E-state index is 5.98. The zero-order valence-corrected chi connectivity index (χ0v) is 14.3. The third kappa shape index (κ3) is 4.30. The highest BCUT2D eigenvalue weighted by atomic mass is 35.5. The highest BCUT2D eigenvalue weighted by Crippen LogP contribution is 2.29. The molecule has 8 nitrogen and oxygen atoms in total. The van der Waals surface area contributed by atoms with Crippen molar-refractivity contribution in [2.75, 3.05) is 18.3 Å². The van der Waals surface area contributed by atoms with Gasteiger partial charge in [0.15, 0.2) is 11.5 Å². The maximum absolute atomic E-state index is 5.98. The molecule has 0 aliphatic heterocycles. The predicted molar refractivity (Wildman–Crippen MR) is 94.1 cm³/mol. The van der Waals surface area contributed by atoms with Crippen molar-refractivity contribution >= 4 is 17.5 Å². The molecule has 130 valence electrons.